The number of hydrogen-bond donors (Lipinski definition) is 1. The van der Waals surface area contributed by atoms with Crippen molar-refractivity contribution in [2.24, 2.45) is 11.4 Å². The number of carbonyl (C=O) groups is 1. The van der Waals surface area contributed by atoms with E-state index in [1.807, 2.05) is 13.2 Å². The summed E-state index contributed by atoms with van der Waals surface area (Å²) in [4.78, 5) is 15.4. The van der Waals surface area contributed by atoms with Gasteiger partial charge in [-0.25, -0.2) is 8.93 Å². The lowest BCUT2D eigenvalue weighted by Crippen LogP contribution is -2.52. The van der Waals surface area contributed by atoms with E-state index in [1.54, 1.807) is 22.2 Å². The van der Waals surface area contributed by atoms with Crippen LogP contribution in [0.4, 0.5) is 5.69 Å². The number of anilines is 1. The third-order valence-electron chi connectivity index (χ3n) is 6.36. The lowest BCUT2D eigenvalue weighted by molar-refractivity contribution is -0.117. The van der Waals surface area contributed by atoms with Crippen LogP contribution in [0, 0.1) is 0 Å². The normalized spacial score (nSPS) is 18.8. The van der Waals surface area contributed by atoms with Crippen molar-refractivity contribution in [1.29, 1.82) is 0 Å². The van der Waals surface area contributed by atoms with Gasteiger partial charge in [0.2, 0.25) is 10.1 Å². The fraction of sp³-hybridized carbons (Fsp3) is 0.600. The van der Waals surface area contributed by atoms with Gasteiger partial charge in [-0.15, -0.1) is 4.36 Å². The van der Waals surface area contributed by atoms with Crippen LogP contribution in [-0.2, 0) is 28.4 Å². The monoisotopic (exact) mass is 488 g/mol. The Morgan fingerprint density at radius 2 is 1.85 bits per heavy atom. The molecule has 2 atom stereocenters. The molecule has 0 radical (unpaired) electrons. The first-order valence-electron chi connectivity index (χ1n) is 12.1. The topological polar surface area (TPSA) is 82.8 Å². The molecule has 9 heteroatoms. The number of amides is 1. The number of nitrogens with zero attached hydrogens (tertiary/aromatic N) is 5. The predicted octanol–water partition coefficient (Wildman–Crippen LogP) is 3.85. The van der Waals surface area contributed by atoms with Gasteiger partial charge in [0.15, 0.2) is 0 Å². The lowest BCUT2D eigenvalue weighted by atomic mass is 9.92. The average molecular weight is 489 g/mol. The first-order valence-corrected chi connectivity index (χ1v) is 13.6. The summed E-state index contributed by atoms with van der Waals surface area (Å²) in [5.74, 6) is 0.318. The fourth-order valence-electron chi connectivity index (χ4n) is 4.46. The number of nitrogens with one attached hydrogen (secondary N) is 1. The minimum atomic E-state index is -3.22. The molecule has 8 nitrogen and oxygen atoms in total. The van der Waals surface area contributed by atoms with Crippen molar-refractivity contribution in [3.8, 4) is 0 Å². The van der Waals surface area contributed by atoms with Crippen LogP contribution in [-0.4, -0.2) is 58.0 Å². The molecule has 3 rings (SSSR count). The Kier molecular flexibility index (Phi) is 8.54. The molecule has 1 saturated heterocycles. The first kappa shape index (κ1) is 26.4. The van der Waals surface area contributed by atoms with E-state index in [9.17, 15) is 9.00 Å². The average Bonchev–Trinajstić information content (AvgIpc) is 3.18. The van der Waals surface area contributed by atoms with E-state index in [2.05, 4.69) is 72.0 Å². The highest BCUT2D eigenvalue weighted by atomic mass is 32.2. The molecule has 0 bridgehead atoms. The number of hydrogen-bond acceptors (Lipinski definition) is 4. The summed E-state index contributed by atoms with van der Waals surface area (Å²) in [5.41, 5.74) is 4.01. The van der Waals surface area contributed by atoms with Crippen molar-refractivity contribution in [1.82, 2.24) is 19.4 Å². The second-order valence-corrected chi connectivity index (χ2v) is 11.9. The number of piperidine rings is 1. The number of benzene rings is 1. The van der Waals surface area contributed by atoms with Crippen LogP contribution < -0.4 is 9.03 Å². The summed E-state index contributed by atoms with van der Waals surface area (Å²) in [6, 6.07) is 6.30. The lowest BCUT2D eigenvalue weighted by Gasteiger charge is -2.39. The van der Waals surface area contributed by atoms with Gasteiger partial charge in [0.1, 0.15) is 0 Å². The van der Waals surface area contributed by atoms with E-state index in [-0.39, 0.29) is 12.5 Å². The van der Waals surface area contributed by atoms with E-state index < -0.39 is 16.0 Å². The van der Waals surface area contributed by atoms with Crippen LogP contribution in [0.25, 0.3) is 0 Å². The van der Waals surface area contributed by atoms with Crippen LogP contribution in [0.1, 0.15) is 69.1 Å². The van der Waals surface area contributed by atoms with Crippen LogP contribution >= 0.6 is 0 Å². The largest absolute Gasteiger partial charge is 0.304 e. The SMILES string of the molecule is CNS(=O)(=NC(=O)Cc1cc(C(C)C)cc(C(C)C)c1)N(c1cnn(C)c1)C1CCCN(C)C1. The summed E-state index contributed by atoms with van der Waals surface area (Å²) in [5, 5.41) is 4.28. The van der Waals surface area contributed by atoms with Gasteiger partial charge >= 0.3 is 0 Å². The number of aryl methyl sites for hydroxylation is 1. The zero-order valence-electron chi connectivity index (χ0n) is 21.6. The molecular weight excluding hydrogens is 448 g/mol. The second-order valence-electron chi connectivity index (χ2n) is 9.94. The van der Waals surface area contributed by atoms with E-state index in [0.29, 0.717) is 17.5 Å². The molecule has 1 aromatic heterocycles. The van der Waals surface area contributed by atoms with Gasteiger partial charge in [0, 0.05) is 19.8 Å². The smallest absolute Gasteiger partial charge is 0.260 e. The van der Waals surface area contributed by atoms with Crippen molar-refractivity contribution in [2.75, 3.05) is 31.5 Å². The zero-order chi connectivity index (χ0) is 25.0. The standard InChI is InChI=1S/C25H40N6O2S/c1-18(2)21-11-20(12-22(14-21)19(3)4)13-25(32)28-34(33,26-5)31(24-15-27-30(7)17-24)23-9-8-10-29(6)16-23/h11-12,14-15,17-19,23H,8-10,13,16H2,1-7H3,(H,26,28,32,33). The maximum atomic E-state index is 14.2. The van der Waals surface area contributed by atoms with Gasteiger partial charge in [0.05, 0.1) is 24.3 Å². The summed E-state index contributed by atoms with van der Waals surface area (Å²) >= 11 is 0. The summed E-state index contributed by atoms with van der Waals surface area (Å²) in [6.45, 7) is 10.3. The van der Waals surface area contributed by atoms with E-state index in [0.717, 1.165) is 31.5 Å². The van der Waals surface area contributed by atoms with E-state index in [1.165, 1.54) is 11.1 Å². The Balaban J connectivity index is 1.98. The molecule has 2 unspecified atom stereocenters. The number of carbonyl (C=O) groups excluding carboxylic acids is 1. The van der Waals surface area contributed by atoms with Gasteiger partial charge in [0.25, 0.3) is 5.91 Å². The molecule has 1 aliphatic heterocycles. The van der Waals surface area contributed by atoms with Crippen LogP contribution in [0.5, 0.6) is 0 Å². The van der Waals surface area contributed by atoms with Crippen molar-refractivity contribution < 1.29 is 9.00 Å². The molecule has 1 aromatic carbocycles. The van der Waals surface area contributed by atoms with Gasteiger partial charge in [-0.2, -0.15) is 5.10 Å². The molecule has 188 valence electrons. The summed E-state index contributed by atoms with van der Waals surface area (Å²) < 4.78 is 24.8. The molecule has 1 fully saturated rings. The summed E-state index contributed by atoms with van der Waals surface area (Å²) in [7, 11) is 2.26. The molecule has 1 amide bonds. The Labute approximate surface area is 205 Å². The van der Waals surface area contributed by atoms with Crippen molar-refractivity contribution in [2.45, 2.75) is 64.8 Å². The third kappa shape index (κ3) is 6.25. The van der Waals surface area contributed by atoms with Crippen LogP contribution in [0.15, 0.2) is 35.0 Å². The molecular formula is C25H40N6O2S. The Bertz CT molecular complexity index is 1090. The molecule has 2 aromatic rings. The van der Waals surface area contributed by atoms with Gasteiger partial charge in [-0.3, -0.25) is 13.8 Å². The molecule has 0 spiro atoms. The number of likely N-dealkylation sites (N-methyl/N-ethyl adjacent to an activating group) is 1. The second kappa shape index (κ2) is 11.0. The van der Waals surface area contributed by atoms with Crippen molar-refractivity contribution >= 4 is 21.7 Å². The van der Waals surface area contributed by atoms with Crippen molar-refractivity contribution in [3.63, 3.8) is 0 Å². The predicted molar refractivity (Wildman–Crippen MR) is 139 cm³/mol. The molecule has 0 saturated carbocycles. The fourth-order valence-corrected chi connectivity index (χ4v) is 6.13. The summed E-state index contributed by atoms with van der Waals surface area (Å²) in [6.07, 6.45) is 5.49. The number of rotatable bonds is 8. The highest BCUT2D eigenvalue weighted by molar-refractivity contribution is 7.93. The molecule has 2 heterocycles. The highest BCUT2D eigenvalue weighted by Gasteiger charge is 2.32. The van der Waals surface area contributed by atoms with Crippen LogP contribution in [0.2, 0.25) is 0 Å². The zero-order valence-corrected chi connectivity index (χ0v) is 22.4. The number of aromatic nitrogens is 2. The minimum Gasteiger partial charge on any atom is -0.304 e. The molecule has 34 heavy (non-hydrogen) atoms. The Hall–Kier alpha value is -2.23. The quantitative estimate of drug-likeness (QED) is 0.612. The highest BCUT2D eigenvalue weighted by Crippen LogP contribution is 2.27. The van der Waals surface area contributed by atoms with Gasteiger partial charge in [-0.05, 0) is 62.0 Å². The van der Waals surface area contributed by atoms with Crippen LogP contribution in [0.3, 0.4) is 0 Å². The maximum absolute atomic E-state index is 14.2. The Morgan fingerprint density at radius 3 is 2.35 bits per heavy atom. The third-order valence-corrected chi connectivity index (χ3v) is 8.39. The number of likely N-dealkylation sites (tertiary alicyclic amines) is 1. The van der Waals surface area contributed by atoms with E-state index in [4.69, 9.17) is 0 Å². The maximum Gasteiger partial charge on any atom is 0.260 e. The minimum absolute atomic E-state index is 0.0451. The first-order chi connectivity index (χ1) is 16.0. The van der Waals surface area contributed by atoms with E-state index >= 15 is 0 Å². The molecule has 1 N–H and O–H groups in total. The van der Waals surface area contributed by atoms with Gasteiger partial charge < -0.3 is 4.90 Å². The molecule has 0 aliphatic carbocycles. The molecule has 1 aliphatic rings. The van der Waals surface area contributed by atoms with Gasteiger partial charge in [-0.1, -0.05) is 45.9 Å². The van der Waals surface area contributed by atoms with Crippen molar-refractivity contribution in [3.05, 3.63) is 47.3 Å². The Morgan fingerprint density at radius 1 is 1.21 bits per heavy atom.